The molecule has 0 aliphatic rings. The van der Waals surface area contributed by atoms with Gasteiger partial charge in [-0.15, -0.1) is 0 Å². The lowest BCUT2D eigenvalue weighted by Crippen LogP contribution is -2.36. The van der Waals surface area contributed by atoms with E-state index in [0.717, 1.165) is 9.87 Å². The molecule has 0 atom stereocenters. The normalized spacial score (nSPS) is 11.4. The van der Waals surface area contributed by atoms with E-state index in [1.54, 1.807) is 31.2 Å². The van der Waals surface area contributed by atoms with Crippen LogP contribution in [0.5, 0.6) is 5.75 Å². The van der Waals surface area contributed by atoms with Gasteiger partial charge in [-0.1, -0.05) is 41.9 Å². The number of carbonyl (C=O) groups excluding carboxylic acids is 1. The molecule has 0 amide bonds. The van der Waals surface area contributed by atoms with E-state index in [-0.39, 0.29) is 28.8 Å². The largest absolute Gasteiger partial charge is 0.495 e. The van der Waals surface area contributed by atoms with Gasteiger partial charge in [0, 0.05) is 11.6 Å². The number of nitrogens with zero attached hydrogens (tertiary/aromatic N) is 1. The summed E-state index contributed by atoms with van der Waals surface area (Å²) >= 11 is 5.97. The molecule has 0 spiro atoms. The van der Waals surface area contributed by atoms with Gasteiger partial charge in [0.2, 0.25) is 10.0 Å². The molecule has 0 radical (unpaired) electrons. The summed E-state index contributed by atoms with van der Waals surface area (Å²) < 4.78 is 37.5. The molecule has 0 saturated heterocycles. The molecule has 8 heteroatoms. The lowest BCUT2D eigenvalue weighted by Gasteiger charge is -2.22. The van der Waals surface area contributed by atoms with Crippen molar-refractivity contribution in [1.29, 1.82) is 0 Å². The van der Waals surface area contributed by atoms with Crippen molar-refractivity contribution in [1.82, 2.24) is 4.31 Å². The van der Waals surface area contributed by atoms with Gasteiger partial charge in [-0.25, -0.2) is 8.42 Å². The monoisotopic (exact) mass is 397 g/mol. The van der Waals surface area contributed by atoms with Crippen LogP contribution in [0.4, 0.5) is 0 Å². The zero-order valence-electron chi connectivity index (χ0n) is 14.5. The van der Waals surface area contributed by atoms with Gasteiger partial charge in [-0.05, 0) is 30.7 Å². The van der Waals surface area contributed by atoms with Crippen LogP contribution in [0.25, 0.3) is 0 Å². The Morgan fingerprint density at radius 3 is 2.46 bits per heavy atom. The average Bonchev–Trinajstić information content (AvgIpc) is 2.62. The Balaban J connectivity index is 2.45. The lowest BCUT2D eigenvalue weighted by atomic mass is 10.2. The van der Waals surface area contributed by atoms with Crippen molar-refractivity contribution in [3.05, 3.63) is 59.1 Å². The first-order valence-corrected chi connectivity index (χ1v) is 9.73. The van der Waals surface area contributed by atoms with E-state index in [2.05, 4.69) is 0 Å². The number of sulfonamides is 1. The van der Waals surface area contributed by atoms with Gasteiger partial charge in [0.05, 0.1) is 13.7 Å². The summed E-state index contributed by atoms with van der Waals surface area (Å²) in [7, 11) is -2.68. The first-order valence-electron chi connectivity index (χ1n) is 7.91. The molecule has 0 saturated carbocycles. The summed E-state index contributed by atoms with van der Waals surface area (Å²) in [6.45, 7) is 1.42. The molecule has 0 heterocycles. The predicted octanol–water partition coefficient (Wildman–Crippen LogP) is 3.10. The Kier molecular flexibility index (Phi) is 7.02. The van der Waals surface area contributed by atoms with Gasteiger partial charge in [0.15, 0.2) is 0 Å². The van der Waals surface area contributed by atoms with Crippen molar-refractivity contribution in [2.75, 3.05) is 20.3 Å². The van der Waals surface area contributed by atoms with Crippen LogP contribution in [0.1, 0.15) is 12.5 Å². The van der Waals surface area contributed by atoms with E-state index in [4.69, 9.17) is 21.1 Å². The molecule has 2 rings (SSSR count). The van der Waals surface area contributed by atoms with Crippen LogP contribution in [0.15, 0.2) is 53.4 Å². The fraction of sp³-hybridized carbons (Fsp3) is 0.278. The Morgan fingerprint density at radius 1 is 1.15 bits per heavy atom. The van der Waals surface area contributed by atoms with E-state index < -0.39 is 22.5 Å². The maximum absolute atomic E-state index is 13.2. The van der Waals surface area contributed by atoms with Crippen LogP contribution in [0.2, 0.25) is 5.02 Å². The second kappa shape index (κ2) is 9.02. The van der Waals surface area contributed by atoms with Crippen molar-refractivity contribution in [3.63, 3.8) is 0 Å². The first-order chi connectivity index (χ1) is 12.4. The molecular weight excluding hydrogens is 378 g/mol. The van der Waals surface area contributed by atoms with Crippen molar-refractivity contribution in [2.24, 2.45) is 0 Å². The topological polar surface area (TPSA) is 72.9 Å². The minimum absolute atomic E-state index is 0.0116. The zero-order valence-corrected chi connectivity index (χ0v) is 16.1. The van der Waals surface area contributed by atoms with Crippen LogP contribution in [-0.4, -0.2) is 39.0 Å². The summed E-state index contributed by atoms with van der Waals surface area (Å²) in [6.07, 6.45) is 0. The highest BCUT2D eigenvalue weighted by molar-refractivity contribution is 7.89. The minimum atomic E-state index is -4.05. The van der Waals surface area contributed by atoms with E-state index in [9.17, 15) is 13.2 Å². The van der Waals surface area contributed by atoms with Crippen LogP contribution in [-0.2, 0) is 26.1 Å². The van der Waals surface area contributed by atoms with Crippen molar-refractivity contribution in [3.8, 4) is 5.75 Å². The van der Waals surface area contributed by atoms with Gasteiger partial charge < -0.3 is 9.47 Å². The van der Waals surface area contributed by atoms with Gasteiger partial charge in [-0.2, -0.15) is 4.31 Å². The van der Waals surface area contributed by atoms with Gasteiger partial charge >= 0.3 is 5.97 Å². The molecule has 0 fully saturated rings. The third kappa shape index (κ3) is 4.97. The highest BCUT2D eigenvalue weighted by atomic mass is 35.5. The van der Waals surface area contributed by atoms with Gasteiger partial charge in [-0.3, -0.25) is 4.79 Å². The van der Waals surface area contributed by atoms with Crippen LogP contribution < -0.4 is 4.74 Å². The van der Waals surface area contributed by atoms with Crippen LogP contribution in [0.3, 0.4) is 0 Å². The molecule has 0 unspecified atom stereocenters. The molecule has 6 nitrogen and oxygen atoms in total. The Bertz CT molecular complexity index is 855. The van der Waals surface area contributed by atoms with Crippen LogP contribution in [0, 0.1) is 0 Å². The maximum atomic E-state index is 13.2. The number of halogens is 1. The molecule has 0 aliphatic heterocycles. The first kappa shape index (κ1) is 20.2. The number of hydrogen-bond acceptors (Lipinski definition) is 5. The van der Waals surface area contributed by atoms with Gasteiger partial charge in [0.1, 0.15) is 17.2 Å². The number of benzene rings is 2. The Labute approximate surface area is 158 Å². The van der Waals surface area contributed by atoms with Gasteiger partial charge in [0.25, 0.3) is 0 Å². The zero-order chi connectivity index (χ0) is 19.2. The highest BCUT2D eigenvalue weighted by Crippen LogP contribution is 2.30. The summed E-state index contributed by atoms with van der Waals surface area (Å²) in [5.41, 5.74) is 0.737. The number of methoxy groups -OCH3 is 1. The SMILES string of the molecule is CCOC(=O)CN(Cc1ccccc1)S(=O)(=O)c1cc(Cl)ccc1OC. The third-order valence-electron chi connectivity index (χ3n) is 3.56. The summed E-state index contributed by atoms with van der Waals surface area (Å²) in [5.74, 6) is -0.482. The predicted molar refractivity (Wildman–Crippen MR) is 98.7 cm³/mol. The molecule has 0 bridgehead atoms. The van der Waals surface area contributed by atoms with Crippen molar-refractivity contribution < 1.29 is 22.7 Å². The molecule has 0 aromatic heterocycles. The standard InChI is InChI=1S/C18H20ClNO5S/c1-3-25-18(21)13-20(12-14-7-5-4-6-8-14)26(22,23)17-11-15(19)9-10-16(17)24-2/h4-11H,3,12-13H2,1-2H3. The van der Waals surface area contributed by atoms with Crippen molar-refractivity contribution >= 4 is 27.6 Å². The third-order valence-corrected chi connectivity index (χ3v) is 5.60. The van der Waals surface area contributed by atoms with E-state index in [1.807, 2.05) is 6.07 Å². The summed E-state index contributed by atoms with van der Waals surface area (Å²) in [5, 5.41) is 0.250. The molecule has 140 valence electrons. The van der Waals surface area contributed by atoms with E-state index >= 15 is 0 Å². The number of esters is 1. The second-order valence-corrected chi connectivity index (χ2v) is 7.70. The molecule has 2 aromatic rings. The summed E-state index contributed by atoms with van der Waals surface area (Å²) in [4.78, 5) is 11.9. The molecular formula is C18H20ClNO5S. The van der Waals surface area contributed by atoms with E-state index in [1.165, 1.54) is 25.3 Å². The van der Waals surface area contributed by atoms with Crippen LogP contribution >= 0.6 is 11.6 Å². The minimum Gasteiger partial charge on any atom is -0.495 e. The van der Waals surface area contributed by atoms with E-state index in [0.29, 0.717) is 0 Å². The number of hydrogen-bond donors (Lipinski definition) is 0. The number of ether oxygens (including phenoxy) is 2. The lowest BCUT2D eigenvalue weighted by molar-refractivity contribution is -0.143. The summed E-state index contributed by atoms with van der Waals surface area (Å²) in [6, 6.07) is 13.3. The molecule has 2 aromatic carbocycles. The van der Waals surface area contributed by atoms with Crippen molar-refractivity contribution in [2.45, 2.75) is 18.4 Å². The highest BCUT2D eigenvalue weighted by Gasteiger charge is 2.30. The average molecular weight is 398 g/mol. The fourth-order valence-corrected chi connectivity index (χ4v) is 4.15. The number of carbonyl (C=O) groups is 1. The smallest absolute Gasteiger partial charge is 0.321 e. The maximum Gasteiger partial charge on any atom is 0.321 e. The number of rotatable bonds is 8. The molecule has 0 aliphatic carbocycles. The Morgan fingerprint density at radius 2 is 1.85 bits per heavy atom. The fourth-order valence-electron chi connectivity index (χ4n) is 2.35. The Hall–Kier alpha value is -2.09. The molecule has 0 N–H and O–H groups in total. The molecule has 26 heavy (non-hydrogen) atoms. The second-order valence-electron chi connectivity index (χ2n) is 5.36. The quantitative estimate of drug-likeness (QED) is 0.640.